The van der Waals surface area contributed by atoms with Crippen molar-refractivity contribution in [1.82, 2.24) is 0 Å². The average Bonchev–Trinajstić information content (AvgIpc) is 2.90. The zero-order valence-electron chi connectivity index (χ0n) is 10.5. The average molecular weight is 286 g/mol. The molecule has 0 radical (unpaired) electrons. The zero-order chi connectivity index (χ0) is 13.9. The van der Waals surface area contributed by atoms with Crippen LogP contribution in [0.4, 0.5) is 4.39 Å². The van der Waals surface area contributed by atoms with Gasteiger partial charge < -0.3 is 4.42 Å². The summed E-state index contributed by atoms with van der Waals surface area (Å²) in [6.45, 7) is 0. The van der Waals surface area contributed by atoms with Gasteiger partial charge in [-0.25, -0.2) is 4.39 Å². The molecule has 100 valence electrons. The molecular formula is C16H11FO2S. The first kappa shape index (κ1) is 12.9. The van der Waals surface area contributed by atoms with Crippen molar-refractivity contribution in [3.05, 3.63) is 66.2 Å². The molecule has 0 bridgehead atoms. The van der Waals surface area contributed by atoms with Crippen molar-refractivity contribution in [2.45, 2.75) is 4.90 Å². The Morgan fingerprint density at radius 3 is 2.65 bits per heavy atom. The van der Waals surface area contributed by atoms with Gasteiger partial charge in [0.05, 0.1) is 11.3 Å². The number of para-hydroxylation sites is 1. The van der Waals surface area contributed by atoms with Crippen LogP contribution in [0.1, 0.15) is 10.4 Å². The summed E-state index contributed by atoms with van der Waals surface area (Å²) < 4.78 is 18.2. The summed E-state index contributed by atoms with van der Waals surface area (Å²) in [5.41, 5.74) is 1.30. The predicted octanol–water partition coefficient (Wildman–Crippen LogP) is 4.55. The molecule has 2 nitrogen and oxygen atoms in total. The number of Topliss-reactive ketones (excluding diaryl/α,β-unsaturated/α-hetero) is 1. The molecular weight excluding hydrogens is 275 g/mol. The van der Waals surface area contributed by atoms with Crippen molar-refractivity contribution in [2.24, 2.45) is 0 Å². The second-order valence-corrected chi connectivity index (χ2v) is 5.36. The Morgan fingerprint density at radius 2 is 1.85 bits per heavy atom. The lowest BCUT2D eigenvalue weighted by atomic mass is 10.1. The van der Waals surface area contributed by atoms with E-state index in [0.717, 1.165) is 10.3 Å². The number of thioether (sulfide) groups is 1. The Morgan fingerprint density at radius 1 is 1.10 bits per heavy atom. The lowest BCUT2D eigenvalue weighted by molar-refractivity contribution is 0.102. The number of fused-ring (bicyclic) bond motifs is 1. The van der Waals surface area contributed by atoms with Gasteiger partial charge in [0.15, 0.2) is 5.78 Å². The minimum Gasteiger partial charge on any atom is -0.464 e. The molecule has 0 aliphatic carbocycles. The van der Waals surface area contributed by atoms with E-state index in [1.54, 1.807) is 12.1 Å². The summed E-state index contributed by atoms with van der Waals surface area (Å²) >= 11 is 1.39. The van der Waals surface area contributed by atoms with Crippen molar-refractivity contribution >= 4 is 28.5 Å². The maximum Gasteiger partial charge on any atom is 0.176 e. The molecule has 0 fully saturated rings. The van der Waals surface area contributed by atoms with Gasteiger partial charge in [-0.2, -0.15) is 0 Å². The molecule has 20 heavy (non-hydrogen) atoms. The van der Waals surface area contributed by atoms with Crippen LogP contribution in [0, 0.1) is 5.82 Å². The van der Waals surface area contributed by atoms with Gasteiger partial charge in [-0.15, -0.1) is 11.8 Å². The van der Waals surface area contributed by atoms with E-state index in [1.165, 1.54) is 30.2 Å². The van der Waals surface area contributed by atoms with Gasteiger partial charge in [-0.1, -0.05) is 18.2 Å². The third kappa shape index (κ3) is 2.60. The number of carbonyl (C=O) groups excluding carboxylic acids is 1. The maximum absolute atomic E-state index is 12.8. The van der Waals surface area contributed by atoms with E-state index in [2.05, 4.69) is 0 Å². The third-order valence-corrected chi connectivity index (χ3v) is 3.98. The van der Waals surface area contributed by atoms with Crippen LogP contribution in [0.15, 0.2) is 64.1 Å². The second-order valence-electron chi connectivity index (χ2n) is 4.31. The first-order valence-electron chi connectivity index (χ1n) is 6.12. The Balaban J connectivity index is 1.75. The smallest absolute Gasteiger partial charge is 0.176 e. The van der Waals surface area contributed by atoms with Gasteiger partial charge in [-0.3, -0.25) is 4.79 Å². The normalized spacial score (nSPS) is 10.8. The number of halogens is 1. The van der Waals surface area contributed by atoms with Crippen LogP contribution >= 0.6 is 11.8 Å². The number of benzene rings is 2. The number of carbonyl (C=O) groups is 1. The summed E-state index contributed by atoms with van der Waals surface area (Å²) in [6.07, 6.45) is 1.50. The monoisotopic (exact) mass is 286 g/mol. The van der Waals surface area contributed by atoms with Crippen LogP contribution in [-0.2, 0) is 0 Å². The predicted molar refractivity (Wildman–Crippen MR) is 77.7 cm³/mol. The van der Waals surface area contributed by atoms with Crippen molar-refractivity contribution in [1.29, 1.82) is 0 Å². The summed E-state index contributed by atoms with van der Waals surface area (Å²) in [7, 11) is 0. The summed E-state index contributed by atoms with van der Waals surface area (Å²) in [5.74, 6) is 0.0283. The Bertz CT molecular complexity index is 747. The lowest BCUT2D eigenvalue weighted by Gasteiger charge is -2.00. The van der Waals surface area contributed by atoms with E-state index in [1.807, 2.05) is 24.3 Å². The van der Waals surface area contributed by atoms with Crippen LogP contribution in [0.3, 0.4) is 0 Å². The second kappa shape index (κ2) is 5.51. The molecule has 0 spiro atoms. The maximum atomic E-state index is 12.8. The Labute approximate surface area is 119 Å². The summed E-state index contributed by atoms with van der Waals surface area (Å²) in [4.78, 5) is 13.1. The van der Waals surface area contributed by atoms with E-state index in [0.29, 0.717) is 16.9 Å². The number of hydrogen-bond acceptors (Lipinski definition) is 3. The highest BCUT2D eigenvalue weighted by Crippen LogP contribution is 2.24. The van der Waals surface area contributed by atoms with Crippen LogP contribution in [0.5, 0.6) is 0 Å². The highest BCUT2D eigenvalue weighted by atomic mass is 32.2. The van der Waals surface area contributed by atoms with Crippen molar-refractivity contribution < 1.29 is 13.6 Å². The molecule has 0 N–H and O–H groups in total. The molecule has 3 aromatic rings. The number of rotatable bonds is 4. The molecule has 2 aromatic carbocycles. The number of ketones is 1. The molecule has 3 rings (SSSR count). The number of hydrogen-bond donors (Lipinski definition) is 0. The van der Waals surface area contributed by atoms with Crippen LogP contribution < -0.4 is 0 Å². The molecule has 0 amide bonds. The standard InChI is InChI=1S/C16H11FO2S/c17-11-5-7-12(8-6-11)20-10-15(18)14-9-19-16-4-2-1-3-13(14)16/h1-9H,10H2. The molecule has 0 saturated heterocycles. The lowest BCUT2D eigenvalue weighted by Crippen LogP contribution is -2.01. The van der Waals surface area contributed by atoms with E-state index in [9.17, 15) is 9.18 Å². The number of furan rings is 1. The SMILES string of the molecule is O=C(CSc1ccc(F)cc1)c1coc2ccccc12. The van der Waals surface area contributed by atoms with E-state index < -0.39 is 0 Å². The molecule has 0 unspecified atom stereocenters. The van der Waals surface area contributed by atoms with E-state index >= 15 is 0 Å². The molecule has 1 heterocycles. The third-order valence-electron chi connectivity index (χ3n) is 2.96. The Kier molecular flexibility index (Phi) is 3.56. The van der Waals surface area contributed by atoms with Gasteiger partial charge in [-0.05, 0) is 30.3 Å². The van der Waals surface area contributed by atoms with Gasteiger partial charge in [0.2, 0.25) is 0 Å². The van der Waals surface area contributed by atoms with Gasteiger partial charge in [0, 0.05) is 10.3 Å². The highest BCUT2D eigenvalue weighted by Gasteiger charge is 2.13. The molecule has 4 heteroatoms. The van der Waals surface area contributed by atoms with Crippen molar-refractivity contribution in [3.8, 4) is 0 Å². The first-order valence-corrected chi connectivity index (χ1v) is 7.10. The van der Waals surface area contributed by atoms with E-state index in [-0.39, 0.29) is 11.6 Å². The van der Waals surface area contributed by atoms with Crippen LogP contribution in [-0.4, -0.2) is 11.5 Å². The molecule has 1 aromatic heterocycles. The first-order chi connectivity index (χ1) is 9.74. The topological polar surface area (TPSA) is 30.2 Å². The molecule has 0 aliphatic heterocycles. The van der Waals surface area contributed by atoms with Crippen molar-refractivity contribution in [3.63, 3.8) is 0 Å². The molecule has 0 saturated carbocycles. The van der Waals surface area contributed by atoms with Gasteiger partial charge in [0.25, 0.3) is 0 Å². The zero-order valence-corrected chi connectivity index (χ0v) is 11.3. The van der Waals surface area contributed by atoms with Crippen LogP contribution in [0.25, 0.3) is 11.0 Å². The molecule has 0 aliphatic rings. The fraction of sp³-hybridized carbons (Fsp3) is 0.0625. The largest absolute Gasteiger partial charge is 0.464 e. The minimum atomic E-state index is -0.276. The van der Waals surface area contributed by atoms with Crippen molar-refractivity contribution in [2.75, 3.05) is 5.75 Å². The highest BCUT2D eigenvalue weighted by molar-refractivity contribution is 8.00. The van der Waals surface area contributed by atoms with E-state index in [4.69, 9.17) is 4.42 Å². The summed E-state index contributed by atoms with van der Waals surface area (Å²) in [5, 5.41) is 0.831. The fourth-order valence-corrected chi connectivity index (χ4v) is 2.73. The quantitative estimate of drug-likeness (QED) is 0.521. The Hall–Kier alpha value is -2.07. The molecule has 0 atom stereocenters. The fourth-order valence-electron chi connectivity index (χ4n) is 1.95. The summed E-state index contributed by atoms with van der Waals surface area (Å²) in [6, 6.07) is 13.6. The minimum absolute atomic E-state index is 0.00396. The van der Waals surface area contributed by atoms with Gasteiger partial charge >= 0.3 is 0 Å². The van der Waals surface area contributed by atoms with Gasteiger partial charge in [0.1, 0.15) is 17.7 Å². The van der Waals surface area contributed by atoms with Crippen LogP contribution in [0.2, 0.25) is 0 Å².